The number of halogens is 2. The lowest BCUT2D eigenvalue weighted by Gasteiger charge is -2.19. The Hall–Kier alpha value is -0.840. The maximum absolute atomic E-state index is 6.34. The Labute approximate surface area is 127 Å². The Morgan fingerprint density at radius 2 is 2.26 bits per heavy atom. The molecule has 1 N–H and O–H groups in total. The number of aromatic nitrogens is 2. The van der Waals surface area contributed by atoms with E-state index < -0.39 is 0 Å². The van der Waals surface area contributed by atoms with E-state index in [0.29, 0.717) is 0 Å². The van der Waals surface area contributed by atoms with Gasteiger partial charge in [-0.3, -0.25) is 4.68 Å². The first-order chi connectivity index (χ1) is 9.10. The average Bonchev–Trinajstić information content (AvgIpc) is 2.74. The quantitative estimate of drug-likeness (QED) is 0.897. The van der Waals surface area contributed by atoms with Crippen LogP contribution in [0.4, 0.5) is 0 Å². The van der Waals surface area contributed by atoms with Crippen LogP contribution in [0.25, 0.3) is 0 Å². The topological polar surface area (TPSA) is 29.9 Å². The standard InChI is InChI=1S/C14H17BrClN3/c1-3-17-14(6-10-8-18-19(2)9-10)12-5-4-11(15)7-13(12)16/h4-5,7-9,14,17H,3,6H2,1-2H3. The summed E-state index contributed by atoms with van der Waals surface area (Å²) in [5, 5.41) is 8.47. The van der Waals surface area contributed by atoms with Gasteiger partial charge in [0.25, 0.3) is 0 Å². The summed E-state index contributed by atoms with van der Waals surface area (Å²) in [6, 6.07) is 6.23. The Balaban J connectivity index is 2.23. The van der Waals surface area contributed by atoms with Crippen molar-refractivity contribution in [1.82, 2.24) is 15.1 Å². The summed E-state index contributed by atoms with van der Waals surface area (Å²) in [7, 11) is 1.93. The van der Waals surface area contributed by atoms with Crippen LogP contribution < -0.4 is 5.32 Å². The fraction of sp³-hybridized carbons (Fsp3) is 0.357. The van der Waals surface area contributed by atoms with Crippen LogP contribution in [0.1, 0.15) is 24.1 Å². The largest absolute Gasteiger partial charge is 0.310 e. The van der Waals surface area contributed by atoms with Crippen molar-refractivity contribution in [3.8, 4) is 0 Å². The van der Waals surface area contributed by atoms with E-state index in [1.54, 1.807) is 0 Å². The molecule has 1 atom stereocenters. The van der Waals surface area contributed by atoms with Gasteiger partial charge in [-0.25, -0.2) is 0 Å². The molecule has 0 fully saturated rings. The number of benzene rings is 1. The SMILES string of the molecule is CCNC(Cc1cnn(C)c1)c1ccc(Br)cc1Cl. The highest BCUT2D eigenvalue weighted by Crippen LogP contribution is 2.28. The molecule has 0 amide bonds. The first-order valence-electron chi connectivity index (χ1n) is 6.26. The van der Waals surface area contributed by atoms with E-state index in [-0.39, 0.29) is 6.04 Å². The third kappa shape index (κ3) is 3.81. The maximum Gasteiger partial charge on any atom is 0.0522 e. The number of nitrogens with one attached hydrogen (secondary N) is 1. The van der Waals surface area contributed by atoms with Crippen LogP contribution in [0.2, 0.25) is 5.02 Å². The van der Waals surface area contributed by atoms with Crippen molar-refractivity contribution in [3.63, 3.8) is 0 Å². The van der Waals surface area contributed by atoms with E-state index in [2.05, 4.69) is 39.3 Å². The fourth-order valence-corrected chi connectivity index (χ4v) is 2.94. The summed E-state index contributed by atoms with van der Waals surface area (Å²) in [5.74, 6) is 0. The maximum atomic E-state index is 6.34. The van der Waals surface area contributed by atoms with Crippen LogP contribution in [0, 0.1) is 0 Å². The first kappa shape index (κ1) is 14.6. The molecule has 1 aromatic heterocycles. The van der Waals surface area contributed by atoms with Crippen LogP contribution in [-0.2, 0) is 13.5 Å². The minimum atomic E-state index is 0.204. The second-order valence-electron chi connectivity index (χ2n) is 4.50. The average molecular weight is 343 g/mol. The van der Waals surface area contributed by atoms with Crippen molar-refractivity contribution in [3.05, 3.63) is 51.2 Å². The molecule has 0 aliphatic rings. The molecular formula is C14H17BrClN3. The van der Waals surface area contributed by atoms with Crippen molar-refractivity contribution in [1.29, 1.82) is 0 Å². The van der Waals surface area contributed by atoms with Gasteiger partial charge in [-0.2, -0.15) is 5.10 Å². The van der Waals surface area contributed by atoms with Crippen LogP contribution in [-0.4, -0.2) is 16.3 Å². The van der Waals surface area contributed by atoms with Crippen molar-refractivity contribution < 1.29 is 0 Å². The Morgan fingerprint density at radius 3 is 2.84 bits per heavy atom. The third-order valence-corrected chi connectivity index (χ3v) is 3.81. The van der Waals surface area contributed by atoms with Crippen molar-refractivity contribution in [2.24, 2.45) is 7.05 Å². The third-order valence-electron chi connectivity index (χ3n) is 2.99. The lowest BCUT2D eigenvalue weighted by molar-refractivity contribution is 0.549. The number of hydrogen-bond acceptors (Lipinski definition) is 2. The van der Waals surface area contributed by atoms with Crippen LogP contribution in [0.5, 0.6) is 0 Å². The van der Waals surface area contributed by atoms with Crippen molar-refractivity contribution in [2.75, 3.05) is 6.54 Å². The first-order valence-corrected chi connectivity index (χ1v) is 7.43. The van der Waals surface area contributed by atoms with Gasteiger partial charge in [0.15, 0.2) is 0 Å². The molecule has 0 bridgehead atoms. The van der Waals surface area contributed by atoms with Gasteiger partial charge in [-0.1, -0.05) is 40.5 Å². The van der Waals surface area contributed by atoms with Crippen molar-refractivity contribution in [2.45, 2.75) is 19.4 Å². The molecule has 19 heavy (non-hydrogen) atoms. The van der Waals surface area contributed by atoms with Gasteiger partial charge < -0.3 is 5.32 Å². The molecule has 0 aliphatic carbocycles. The highest BCUT2D eigenvalue weighted by Gasteiger charge is 2.15. The van der Waals surface area contributed by atoms with Gasteiger partial charge in [0.05, 0.1) is 6.20 Å². The lowest BCUT2D eigenvalue weighted by Crippen LogP contribution is -2.23. The highest BCUT2D eigenvalue weighted by atomic mass is 79.9. The van der Waals surface area contributed by atoms with E-state index in [1.807, 2.05) is 36.3 Å². The predicted octanol–water partition coefficient (Wildman–Crippen LogP) is 3.73. The number of likely N-dealkylation sites (N-methyl/N-ethyl adjacent to an activating group) is 1. The summed E-state index contributed by atoms with van der Waals surface area (Å²) in [5.41, 5.74) is 2.32. The van der Waals surface area contributed by atoms with Crippen LogP contribution in [0.15, 0.2) is 35.1 Å². The molecule has 102 valence electrons. The number of nitrogens with zero attached hydrogens (tertiary/aromatic N) is 2. The molecule has 2 rings (SSSR count). The molecule has 0 radical (unpaired) electrons. The molecule has 2 aromatic rings. The highest BCUT2D eigenvalue weighted by molar-refractivity contribution is 9.10. The summed E-state index contributed by atoms with van der Waals surface area (Å²) in [6.45, 7) is 3.00. The zero-order valence-electron chi connectivity index (χ0n) is 11.0. The number of rotatable bonds is 5. The van der Waals surface area contributed by atoms with E-state index in [4.69, 9.17) is 11.6 Å². The number of hydrogen-bond donors (Lipinski definition) is 1. The van der Waals surface area contributed by atoms with E-state index in [0.717, 1.165) is 28.0 Å². The summed E-state index contributed by atoms with van der Waals surface area (Å²) < 4.78 is 2.82. The smallest absolute Gasteiger partial charge is 0.0522 e. The summed E-state index contributed by atoms with van der Waals surface area (Å²) >= 11 is 9.78. The van der Waals surface area contributed by atoms with Gasteiger partial charge in [-0.05, 0) is 36.2 Å². The summed E-state index contributed by atoms with van der Waals surface area (Å²) in [4.78, 5) is 0. The summed E-state index contributed by atoms with van der Waals surface area (Å²) in [6.07, 6.45) is 4.82. The van der Waals surface area contributed by atoms with Crippen molar-refractivity contribution >= 4 is 27.5 Å². The molecule has 5 heteroatoms. The Morgan fingerprint density at radius 1 is 1.47 bits per heavy atom. The van der Waals surface area contributed by atoms with E-state index in [1.165, 1.54) is 5.56 Å². The molecule has 1 heterocycles. The normalized spacial score (nSPS) is 12.6. The lowest BCUT2D eigenvalue weighted by atomic mass is 10.0. The molecule has 0 aliphatic heterocycles. The van der Waals surface area contributed by atoms with Crippen LogP contribution in [0.3, 0.4) is 0 Å². The predicted molar refractivity (Wildman–Crippen MR) is 82.5 cm³/mol. The van der Waals surface area contributed by atoms with Gasteiger partial charge in [0, 0.05) is 28.8 Å². The minimum absolute atomic E-state index is 0.204. The molecule has 0 spiro atoms. The number of aryl methyl sites for hydroxylation is 1. The fourth-order valence-electron chi connectivity index (χ4n) is 2.14. The van der Waals surface area contributed by atoms with Gasteiger partial charge >= 0.3 is 0 Å². The second-order valence-corrected chi connectivity index (χ2v) is 5.83. The van der Waals surface area contributed by atoms with Crippen LogP contribution >= 0.6 is 27.5 Å². The second kappa shape index (κ2) is 6.55. The van der Waals surface area contributed by atoms with Gasteiger partial charge in [0.2, 0.25) is 0 Å². The molecule has 1 unspecified atom stereocenters. The monoisotopic (exact) mass is 341 g/mol. The Bertz CT molecular complexity index is 553. The van der Waals surface area contributed by atoms with Gasteiger partial charge in [-0.15, -0.1) is 0 Å². The zero-order valence-corrected chi connectivity index (χ0v) is 13.4. The molecule has 1 aromatic carbocycles. The van der Waals surface area contributed by atoms with E-state index in [9.17, 15) is 0 Å². The minimum Gasteiger partial charge on any atom is -0.310 e. The van der Waals surface area contributed by atoms with Gasteiger partial charge in [0.1, 0.15) is 0 Å². The zero-order chi connectivity index (χ0) is 13.8. The molecule has 0 saturated heterocycles. The molecular weight excluding hydrogens is 326 g/mol. The molecule has 3 nitrogen and oxygen atoms in total. The van der Waals surface area contributed by atoms with E-state index >= 15 is 0 Å². The molecule has 0 saturated carbocycles. The Kier molecular flexibility index (Phi) is 5.02.